The van der Waals surface area contributed by atoms with Crippen LogP contribution in [-0.2, 0) is 4.74 Å². The Morgan fingerprint density at radius 3 is 2.38 bits per heavy atom. The van der Waals surface area contributed by atoms with Gasteiger partial charge < -0.3 is 4.74 Å². The molecular weight excluding hydrogens is 120 g/mol. The van der Waals surface area contributed by atoms with E-state index in [0.717, 1.165) is 12.4 Å². The van der Waals surface area contributed by atoms with E-state index in [1.807, 2.05) is 19.3 Å². The van der Waals surface area contributed by atoms with E-state index in [9.17, 15) is 0 Å². The van der Waals surface area contributed by atoms with Crippen LogP contribution in [0, 0.1) is 0 Å². The average Bonchev–Trinajstić information content (AvgIpc) is 1.96. The number of rotatable bonds is 0. The molecule has 0 bridgehead atoms. The van der Waals surface area contributed by atoms with E-state index in [2.05, 4.69) is 0 Å². The van der Waals surface area contributed by atoms with E-state index in [1.54, 1.807) is 18.0 Å². The minimum Gasteiger partial charge on any atom is -0.500 e. The number of hydrogen-bond donors (Lipinski definition) is 0. The monoisotopic (exact) mass is 132 g/mol. The maximum absolute atomic E-state index is 4.87. The van der Waals surface area contributed by atoms with Crippen molar-refractivity contribution in [3.8, 4) is 0 Å². The van der Waals surface area contributed by atoms with Crippen LogP contribution in [-0.4, -0.2) is 12.4 Å². The fourth-order valence-electron chi connectivity index (χ4n) is 0.311. The van der Waals surface area contributed by atoms with Crippen LogP contribution in [0.5, 0.6) is 0 Å². The number of hydrogen-bond acceptors (Lipinski definition) is 2. The first kappa shape index (κ1) is 7.89. The fourth-order valence-corrected chi connectivity index (χ4v) is 0.797. The smallest absolute Gasteiger partial charge is 0.0967 e. The molecule has 0 saturated heterocycles. The molecular formula is C6H12OS. The Kier molecular flexibility index (Phi) is 6.80. The highest BCUT2D eigenvalue weighted by Crippen LogP contribution is 2.05. The topological polar surface area (TPSA) is 9.23 Å². The molecule has 0 spiro atoms. The summed E-state index contributed by atoms with van der Waals surface area (Å²) in [4.78, 5) is 0. The summed E-state index contributed by atoms with van der Waals surface area (Å²) in [5.41, 5.74) is 0. The lowest BCUT2D eigenvalue weighted by molar-refractivity contribution is 0.270. The first-order valence-corrected chi connectivity index (χ1v) is 3.93. The molecule has 1 aliphatic rings. The van der Waals surface area contributed by atoms with Crippen LogP contribution in [0.3, 0.4) is 0 Å². The average molecular weight is 132 g/mol. The first-order chi connectivity index (χ1) is 4.00. The van der Waals surface area contributed by atoms with Crippen molar-refractivity contribution in [1.29, 1.82) is 0 Å². The van der Waals surface area contributed by atoms with Crippen LogP contribution in [0.25, 0.3) is 0 Å². The maximum atomic E-state index is 4.87. The molecule has 1 nitrogen and oxygen atoms in total. The molecule has 0 saturated carbocycles. The minimum absolute atomic E-state index is 0.876. The lowest BCUT2D eigenvalue weighted by Gasteiger charge is -2.01. The Morgan fingerprint density at radius 2 is 2.25 bits per heavy atom. The van der Waals surface area contributed by atoms with E-state index >= 15 is 0 Å². The van der Waals surface area contributed by atoms with Gasteiger partial charge in [0.25, 0.3) is 0 Å². The summed E-state index contributed by atoms with van der Waals surface area (Å²) in [7, 11) is 0. The van der Waals surface area contributed by atoms with E-state index in [4.69, 9.17) is 4.74 Å². The largest absolute Gasteiger partial charge is 0.500 e. The molecule has 0 unspecified atom stereocenters. The van der Waals surface area contributed by atoms with Crippen molar-refractivity contribution in [3.05, 3.63) is 11.7 Å². The van der Waals surface area contributed by atoms with Crippen LogP contribution in [0.15, 0.2) is 11.7 Å². The van der Waals surface area contributed by atoms with Gasteiger partial charge >= 0.3 is 0 Å². The van der Waals surface area contributed by atoms with Crippen LogP contribution < -0.4 is 0 Å². The Labute approximate surface area is 55.1 Å². The van der Waals surface area contributed by atoms with Gasteiger partial charge in [0.2, 0.25) is 0 Å². The quantitative estimate of drug-likeness (QED) is 0.500. The van der Waals surface area contributed by atoms with Crippen molar-refractivity contribution in [3.63, 3.8) is 0 Å². The highest BCUT2D eigenvalue weighted by Gasteiger charge is 1.86. The summed E-state index contributed by atoms with van der Waals surface area (Å²) in [5.74, 6) is 1.11. The highest BCUT2D eigenvalue weighted by atomic mass is 32.2. The normalized spacial score (nSPS) is 15.8. The van der Waals surface area contributed by atoms with Crippen LogP contribution in [0.1, 0.15) is 13.8 Å². The number of ether oxygens (including phenoxy) is 1. The zero-order chi connectivity index (χ0) is 6.24. The van der Waals surface area contributed by atoms with Gasteiger partial charge in [0.1, 0.15) is 0 Å². The summed E-state index contributed by atoms with van der Waals surface area (Å²) >= 11 is 1.79. The second-order valence-electron chi connectivity index (χ2n) is 1.01. The van der Waals surface area contributed by atoms with E-state index in [1.165, 1.54) is 0 Å². The minimum atomic E-state index is 0.876. The van der Waals surface area contributed by atoms with Crippen molar-refractivity contribution in [2.24, 2.45) is 0 Å². The molecule has 0 fully saturated rings. The van der Waals surface area contributed by atoms with Gasteiger partial charge in [0.15, 0.2) is 0 Å². The number of thioether (sulfide) groups is 1. The predicted molar refractivity (Wildman–Crippen MR) is 38.9 cm³/mol. The van der Waals surface area contributed by atoms with E-state index in [0.29, 0.717) is 0 Å². The van der Waals surface area contributed by atoms with Crippen molar-refractivity contribution in [2.45, 2.75) is 13.8 Å². The van der Waals surface area contributed by atoms with E-state index in [-0.39, 0.29) is 0 Å². The maximum Gasteiger partial charge on any atom is 0.0967 e. The van der Waals surface area contributed by atoms with Gasteiger partial charge in [-0.15, -0.1) is 11.8 Å². The molecule has 0 radical (unpaired) electrons. The zero-order valence-corrected chi connectivity index (χ0v) is 6.20. The molecule has 0 N–H and O–H groups in total. The van der Waals surface area contributed by atoms with Crippen LogP contribution in [0.4, 0.5) is 0 Å². The Balaban J connectivity index is 0.000000222. The summed E-state index contributed by atoms with van der Waals surface area (Å²) in [6.45, 7) is 4.88. The third-order valence-electron chi connectivity index (χ3n) is 0.567. The summed E-state index contributed by atoms with van der Waals surface area (Å²) < 4.78 is 4.87. The van der Waals surface area contributed by atoms with Crippen molar-refractivity contribution in [1.82, 2.24) is 0 Å². The van der Waals surface area contributed by atoms with Crippen LogP contribution in [0.2, 0.25) is 0 Å². The highest BCUT2D eigenvalue weighted by molar-refractivity contribution is 8.02. The summed E-state index contributed by atoms with van der Waals surface area (Å²) in [6, 6.07) is 0. The van der Waals surface area contributed by atoms with Gasteiger partial charge in [-0.3, -0.25) is 0 Å². The molecule has 8 heavy (non-hydrogen) atoms. The Bertz CT molecular complexity index is 53.5. The first-order valence-electron chi connectivity index (χ1n) is 2.88. The molecule has 48 valence electrons. The SMILES string of the molecule is C1=CSCCO1.CC. The van der Waals surface area contributed by atoms with E-state index < -0.39 is 0 Å². The van der Waals surface area contributed by atoms with Gasteiger partial charge in [-0.2, -0.15) is 0 Å². The molecule has 0 amide bonds. The van der Waals surface area contributed by atoms with Gasteiger partial charge in [-0.05, 0) is 0 Å². The van der Waals surface area contributed by atoms with Gasteiger partial charge in [0, 0.05) is 11.2 Å². The lowest BCUT2D eigenvalue weighted by atomic mass is 10.8. The standard InChI is InChI=1S/C4H6OS.C2H6/c1-3-6-4-2-5-1;1-2/h1,3H,2,4H2;1-2H3. The van der Waals surface area contributed by atoms with Gasteiger partial charge in [-0.25, -0.2) is 0 Å². The molecule has 2 heteroatoms. The molecule has 0 aromatic rings. The summed E-state index contributed by atoms with van der Waals surface area (Å²) in [6.07, 6.45) is 1.73. The third kappa shape index (κ3) is 4.06. The molecule has 1 heterocycles. The third-order valence-corrected chi connectivity index (χ3v) is 1.27. The molecule has 1 rings (SSSR count). The predicted octanol–water partition coefficient (Wildman–Crippen LogP) is 2.25. The van der Waals surface area contributed by atoms with Crippen molar-refractivity contribution < 1.29 is 4.74 Å². The Hall–Kier alpha value is -0.110. The van der Waals surface area contributed by atoms with Crippen molar-refractivity contribution in [2.75, 3.05) is 12.4 Å². The van der Waals surface area contributed by atoms with Gasteiger partial charge in [-0.1, -0.05) is 13.8 Å². The lowest BCUT2D eigenvalue weighted by Crippen LogP contribution is -1.92. The molecule has 0 atom stereocenters. The molecule has 0 aromatic heterocycles. The van der Waals surface area contributed by atoms with Crippen LogP contribution >= 0.6 is 11.8 Å². The second kappa shape index (κ2) is 6.89. The van der Waals surface area contributed by atoms with Crippen molar-refractivity contribution >= 4 is 11.8 Å². The van der Waals surface area contributed by atoms with Gasteiger partial charge in [0.05, 0.1) is 12.9 Å². The second-order valence-corrected chi connectivity index (χ2v) is 2.03. The molecule has 0 aliphatic carbocycles. The fraction of sp³-hybridized carbons (Fsp3) is 0.667. The summed E-state index contributed by atoms with van der Waals surface area (Å²) in [5, 5.41) is 1.96. The molecule has 0 aromatic carbocycles. The zero-order valence-electron chi connectivity index (χ0n) is 5.39. The molecule has 1 aliphatic heterocycles. The Morgan fingerprint density at radius 1 is 1.50 bits per heavy atom.